The molecular weight excluding hydrogens is 474 g/mol. The number of para-hydroxylation sites is 1. The average molecular weight is 494 g/mol. The quantitative estimate of drug-likeness (QED) is 0.231. The molecule has 0 saturated carbocycles. The van der Waals surface area contributed by atoms with E-state index in [2.05, 4.69) is 26.1 Å². The summed E-state index contributed by atoms with van der Waals surface area (Å²) in [7, 11) is 1.61. The highest BCUT2D eigenvalue weighted by Crippen LogP contribution is 2.31. The van der Waals surface area contributed by atoms with E-state index < -0.39 is 0 Å². The number of carbonyl (C=O) groups is 1. The van der Waals surface area contributed by atoms with E-state index in [1.165, 1.54) is 11.8 Å². The van der Waals surface area contributed by atoms with Crippen LogP contribution in [0.3, 0.4) is 0 Å². The van der Waals surface area contributed by atoms with E-state index in [1.54, 1.807) is 31.4 Å². The van der Waals surface area contributed by atoms with E-state index in [-0.39, 0.29) is 11.0 Å². The molecule has 0 spiro atoms. The molecule has 1 aromatic heterocycles. The molecule has 0 amide bonds. The van der Waals surface area contributed by atoms with Crippen molar-refractivity contribution in [2.45, 2.75) is 17.3 Å². The zero-order valence-corrected chi connectivity index (χ0v) is 19.4. The fourth-order valence-electron chi connectivity index (χ4n) is 3.14. The van der Waals surface area contributed by atoms with Crippen LogP contribution in [0.5, 0.6) is 5.75 Å². The Balaban J connectivity index is 1.67. The van der Waals surface area contributed by atoms with Crippen molar-refractivity contribution in [3.63, 3.8) is 0 Å². The minimum Gasteiger partial charge on any atom is -0.497 e. The van der Waals surface area contributed by atoms with E-state index in [0.717, 1.165) is 27.3 Å². The van der Waals surface area contributed by atoms with Crippen molar-refractivity contribution >= 4 is 33.5 Å². The predicted octanol–water partition coefficient (Wildman–Crippen LogP) is 6.07. The third-order valence-electron chi connectivity index (χ3n) is 4.78. The van der Waals surface area contributed by atoms with Crippen LogP contribution in [-0.4, -0.2) is 32.9 Å². The molecule has 0 aliphatic carbocycles. The molecule has 1 atom stereocenters. The minimum atomic E-state index is -0.335. The molecule has 1 unspecified atom stereocenters. The molecule has 3 aromatic carbocycles. The summed E-state index contributed by atoms with van der Waals surface area (Å²) in [5.41, 5.74) is 2.53. The van der Waals surface area contributed by atoms with Gasteiger partial charge in [0.25, 0.3) is 0 Å². The highest BCUT2D eigenvalue weighted by molar-refractivity contribution is 9.10. The maximum atomic E-state index is 13.0. The van der Waals surface area contributed by atoms with Gasteiger partial charge in [0.05, 0.1) is 12.4 Å². The van der Waals surface area contributed by atoms with Crippen LogP contribution in [0.15, 0.2) is 88.5 Å². The lowest BCUT2D eigenvalue weighted by atomic mass is 10.1. The third kappa shape index (κ3) is 4.73. The predicted molar refractivity (Wildman–Crippen MR) is 127 cm³/mol. The standard InChI is InChI=1S/C24H20BrN3O2S/c1-16(22(29)17-10-14-21(30-2)15-11-17)31-24-27-26-23(18-8-12-19(25)13-9-18)28(24)20-6-4-3-5-7-20/h3-16H,1-2H3. The van der Waals surface area contributed by atoms with E-state index in [9.17, 15) is 4.79 Å². The Kier molecular flexibility index (Phi) is 6.53. The van der Waals surface area contributed by atoms with E-state index in [4.69, 9.17) is 4.74 Å². The SMILES string of the molecule is COc1ccc(C(=O)C(C)Sc2nnc(-c3ccc(Br)cc3)n2-c2ccccc2)cc1. The van der Waals surface area contributed by atoms with Crippen molar-refractivity contribution in [2.24, 2.45) is 0 Å². The molecule has 156 valence electrons. The maximum Gasteiger partial charge on any atom is 0.196 e. The van der Waals surface area contributed by atoms with Gasteiger partial charge in [-0.05, 0) is 55.5 Å². The lowest BCUT2D eigenvalue weighted by Gasteiger charge is -2.13. The van der Waals surface area contributed by atoms with Crippen molar-refractivity contribution in [1.29, 1.82) is 0 Å². The molecule has 0 saturated heterocycles. The van der Waals surface area contributed by atoms with Gasteiger partial charge in [-0.25, -0.2) is 0 Å². The molecule has 0 bridgehead atoms. The van der Waals surface area contributed by atoms with Crippen LogP contribution in [0.25, 0.3) is 17.1 Å². The van der Waals surface area contributed by atoms with Crippen LogP contribution in [0.1, 0.15) is 17.3 Å². The maximum absolute atomic E-state index is 13.0. The first-order valence-electron chi connectivity index (χ1n) is 9.68. The number of carbonyl (C=O) groups excluding carboxylic acids is 1. The molecule has 31 heavy (non-hydrogen) atoms. The summed E-state index contributed by atoms with van der Waals surface area (Å²) in [5.74, 6) is 1.48. The normalized spacial score (nSPS) is 11.8. The van der Waals surface area contributed by atoms with Gasteiger partial charge in [-0.2, -0.15) is 0 Å². The lowest BCUT2D eigenvalue weighted by molar-refractivity contribution is 0.0994. The second-order valence-electron chi connectivity index (χ2n) is 6.84. The fraction of sp³-hybridized carbons (Fsp3) is 0.125. The zero-order valence-electron chi connectivity index (χ0n) is 17.0. The number of methoxy groups -OCH3 is 1. The van der Waals surface area contributed by atoms with Gasteiger partial charge in [-0.3, -0.25) is 9.36 Å². The summed E-state index contributed by atoms with van der Waals surface area (Å²) < 4.78 is 8.17. The Morgan fingerprint density at radius 1 is 0.968 bits per heavy atom. The molecule has 1 heterocycles. The van der Waals surface area contributed by atoms with Gasteiger partial charge < -0.3 is 4.74 Å². The highest BCUT2D eigenvalue weighted by atomic mass is 79.9. The van der Waals surface area contributed by atoms with Crippen LogP contribution >= 0.6 is 27.7 Å². The van der Waals surface area contributed by atoms with Crippen LogP contribution in [-0.2, 0) is 0 Å². The molecular formula is C24H20BrN3O2S. The Labute approximate surface area is 193 Å². The van der Waals surface area contributed by atoms with Gasteiger partial charge in [0.15, 0.2) is 16.8 Å². The van der Waals surface area contributed by atoms with Gasteiger partial charge in [-0.15, -0.1) is 10.2 Å². The number of hydrogen-bond acceptors (Lipinski definition) is 5. The third-order valence-corrected chi connectivity index (χ3v) is 6.35. The smallest absolute Gasteiger partial charge is 0.196 e. The average Bonchev–Trinajstić information content (AvgIpc) is 3.23. The number of ether oxygens (including phenoxy) is 1. The first-order valence-corrected chi connectivity index (χ1v) is 11.4. The first kappa shape index (κ1) is 21.3. The highest BCUT2D eigenvalue weighted by Gasteiger charge is 2.22. The van der Waals surface area contributed by atoms with Crippen molar-refractivity contribution < 1.29 is 9.53 Å². The first-order chi connectivity index (χ1) is 15.1. The topological polar surface area (TPSA) is 57.0 Å². The number of nitrogens with zero attached hydrogens (tertiary/aromatic N) is 3. The van der Waals surface area contributed by atoms with Crippen LogP contribution in [0, 0.1) is 0 Å². The van der Waals surface area contributed by atoms with E-state index in [0.29, 0.717) is 10.7 Å². The zero-order chi connectivity index (χ0) is 21.8. The van der Waals surface area contributed by atoms with Gasteiger partial charge >= 0.3 is 0 Å². The summed E-state index contributed by atoms with van der Waals surface area (Å²) >= 11 is 4.87. The molecule has 0 N–H and O–H groups in total. The second-order valence-corrected chi connectivity index (χ2v) is 9.06. The summed E-state index contributed by atoms with van der Waals surface area (Å²) in [6, 6.07) is 25.0. The van der Waals surface area contributed by atoms with Crippen LogP contribution in [0.4, 0.5) is 0 Å². The van der Waals surface area contributed by atoms with Gasteiger partial charge in [0, 0.05) is 21.3 Å². The molecule has 4 rings (SSSR count). The Hall–Kier alpha value is -2.90. The Bertz CT molecular complexity index is 1180. The second kappa shape index (κ2) is 9.49. The summed E-state index contributed by atoms with van der Waals surface area (Å²) in [4.78, 5) is 13.0. The van der Waals surface area contributed by atoms with Crippen molar-refractivity contribution in [2.75, 3.05) is 7.11 Å². The van der Waals surface area contributed by atoms with Gasteiger partial charge in [-0.1, -0.05) is 58.0 Å². The number of hydrogen-bond donors (Lipinski definition) is 0. The largest absolute Gasteiger partial charge is 0.497 e. The molecule has 0 fully saturated rings. The van der Waals surface area contributed by atoms with Gasteiger partial charge in [0.1, 0.15) is 5.75 Å². The summed E-state index contributed by atoms with van der Waals surface area (Å²) in [6.45, 7) is 1.89. The number of rotatable bonds is 7. The van der Waals surface area contributed by atoms with Crippen molar-refractivity contribution in [3.8, 4) is 22.8 Å². The number of halogens is 1. The number of Topliss-reactive ketones (excluding diaryl/α,β-unsaturated/α-hetero) is 1. The Morgan fingerprint density at radius 2 is 1.65 bits per heavy atom. The minimum absolute atomic E-state index is 0.0282. The number of aromatic nitrogens is 3. The molecule has 0 radical (unpaired) electrons. The van der Waals surface area contributed by atoms with Gasteiger partial charge in [0.2, 0.25) is 0 Å². The summed E-state index contributed by atoms with van der Waals surface area (Å²) in [5, 5.41) is 9.21. The lowest BCUT2D eigenvalue weighted by Crippen LogP contribution is -2.14. The molecule has 4 aromatic rings. The van der Waals surface area contributed by atoms with Crippen molar-refractivity contribution in [3.05, 3.63) is 88.9 Å². The summed E-state index contributed by atoms with van der Waals surface area (Å²) in [6.07, 6.45) is 0. The molecule has 5 nitrogen and oxygen atoms in total. The van der Waals surface area contributed by atoms with Crippen molar-refractivity contribution in [1.82, 2.24) is 14.8 Å². The monoisotopic (exact) mass is 493 g/mol. The van der Waals surface area contributed by atoms with E-state index in [1.807, 2.05) is 66.1 Å². The van der Waals surface area contributed by atoms with Crippen LogP contribution in [0.2, 0.25) is 0 Å². The molecule has 0 aliphatic heterocycles. The Morgan fingerprint density at radius 3 is 2.29 bits per heavy atom. The number of thioether (sulfide) groups is 1. The fourth-order valence-corrected chi connectivity index (χ4v) is 4.35. The number of benzene rings is 3. The van der Waals surface area contributed by atoms with Crippen LogP contribution < -0.4 is 4.74 Å². The molecule has 7 heteroatoms. The van der Waals surface area contributed by atoms with E-state index >= 15 is 0 Å². The number of ketones is 1. The molecule has 0 aliphatic rings.